The van der Waals surface area contributed by atoms with E-state index in [4.69, 9.17) is 16.3 Å². The summed E-state index contributed by atoms with van der Waals surface area (Å²) in [6.45, 7) is 1.93. The Morgan fingerprint density at radius 1 is 1.38 bits per heavy atom. The molecule has 2 heterocycles. The van der Waals surface area contributed by atoms with Crippen LogP contribution in [0, 0.1) is 0 Å². The molecule has 3 rings (SSSR count). The molecule has 1 N–H and O–H groups in total. The summed E-state index contributed by atoms with van der Waals surface area (Å²) in [5.41, 5.74) is 2.69. The first-order valence-electron chi connectivity index (χ1n) is 5.98. The zero-order valence-electron chi connectivity index (χ0n) is 9.21. The lowest BCUT2D eigenvalue weighted by Gasteiger charge is -2.30. The van der Waals surface area contributed by atoms with Gasteiger partial charge in [-0.2, -0.15) is 0 Å². The smallest absolute Gasteiger partial charge is 0.0980 e. The molecule has 0 radical (unpaired) electrons. The summed E-state index contributed by atoms with van der Waals surface area (Å²) < 4.78 is 5.92. The number of ether oxygens (including phenoxy) is 1. The molecule has 0 aliphatic carbocycles. The summed E-state index contributed by atoms with van der Waals surface area (Å²) in [5, 5.41) is 4.36. The summed E-state index contributed by atoms with van der Waals surface area (Å²) in [4.78, 5) is 0. The molecule has 0 unspecified atom stereocenters. The molecule has 0 spiro atoms. The van der Waals surface area contributed by atoms with Gasteiger partial charge in [0, 0.05) is 11.1 Å². The van der Waals surface area contributed by atoms with Crippen molar-refractivity contribution in [3.05, 3.63) is 34.3 Å². The molecule has 0 amide bonds. The van der Waals surface area contributed by atoms with Crippen molar-refractivity contribution in [2.24, 2.45) is 0 Å². The van der Waals surface area contributed by atoms with Crippen LogP contribution in [0.25, 0.3) is 0 Å². The van der Waals surface area contributed by atoms with Crippen LogP contribution in [0.3, 0.4) is 0 Å². The maximum atomic E-state index is 6.03. The average molecular weight is 238 g/mol. The molecule has 16 heavy (non-hydrogen) atoms. The van der Waals surface area contributed by atoms with Gasteiger partial charge in [0.1, 0.15) is 0 Å². The van der Waals surface area contributed by atoms with Crippen molar-refractivity contribution in [1.29, 1.82) is 0 Å². The monoisotopic (exact) mass is 237 g/mol. The van der Waals surface area contributed by atoms with Gasteiger partial charge in [-0.05, 0) is 49.1 Å². The van der Waals surface area contributed by atoms with Crippen LogP contribution < -0.4 is 5.32 Å². The van der Waals surface area contributed by atoms with E-state index in [-0.39, 0.29) is 6.10 Å². The van der Waals surface area contributed by atoms with Gasteiger partial charge in [-0.15, -0.1) is 0 Å². The van der Waals surface area contributed by atoms with E-state index in [9.17, 15) is 0 Å². The first kappa shape index (κ1) is 10.6. The number of rotatable bonds is 1. The molecule has 2 aliphatic heterocycles. The molecule has 86 valence electrons. The fourth-order valence-corrected chi connectivity index (χ4v) is 2.95. The Labute approximate surface area is 101 Å². The number of halogens is 1. The summed E-state index contributed by atoms with van der Waals surface area (Å²) in [7, 11) is 0. The fourth-order valence-electron chi connectivity index (χ4n) is 2.76. The zero-order chi connectivity index (χ0) is 11.0. The molecule has 0 aromatic heterocycles. The first-order chi connectivity index (χ1) is 7.84. The van der Waals surface area contributed by atoms with E-state index in [0.29, 0.717) is 6.04 Å². The van der Waals surface area contributed by atoms with Gasteiger partial charge in [0.2, 0.25) is 0 Å². The Morgan fingerprint density at radius 2 is 2.31 bits per heavy atom. The van der Waals surface area contributed by atoms with Gasteiger partial charge in [-0.25, -0.2) is 0 Å². The van der Waals surface area contributed by atoms with E-state index in [1.807, 2.05) is 6.07 Å². The van der Waals surface area contributed by atoms with Crippen LogP contribution in [0.5, 0.6) is 0 Å². The lowest BCUT2D eigenvalue weighted by molar-refractivity contribution is 0.0199. The summed E-state index contributed by atoms with van der Waals surface area (Å²) in [5.74, 6) is 0. The molecule has 1 saturated heterocycles. The van der Waals surface area contributed by atoms with Crippen LogP contribution in [-0.4, -0.2) is 19.2 Å². The maximum absolute atomic E-state index is 6.03. The van der Waals surface area contributed by atoms with E-state index in [1.54, 1.807) is 0 Å². The van der Waals surface area contributed by atoms with E-state index in [1.165, 1.54) is 24.0 Å². The average Bonchev–Trinajstić information content (AvgIpc) is 2.81. The van der Waals surface area contributed by atoms with E-state index in [0.717, 1.165) is 24.6 Å². The van der Waals surface area contributed by atoms with E-state index < -0.39 is 0 Å². The van der Waals surface area contributed by atoms with Crippen LogP contribution in [0.2, 0.25) is 5.02 Å². The van der Waals surface area contributed by atoms with Crippen LogP contribution in [0.4, 0.5) is 0 Å². The van der Waals surface area contributed by atoms with Crippen molar-refractivity contribution in [1.82, 2.24) is 5.32 Å². The third-order valence-electron chi connectivity index (χ3n) is 3.54. The highest BCUT2D eigenvalue weighted by atomic mass is 35.5. The van der Waals surface area contributed by atoms with Crippen molar-refractivity contribution in [3.63, 3.8) is 0 Å². The molecular formula is C13H16ClNO. The first-order valence-corrected chi connectivity index (χ1v) is 6.36. The second-order valence-corrected chi connectivity index (χ2v) is 5.02. The summed E-state index contributed by atoms with van der Waals surface area (Å²) >= 11 is 6.03. The molecule has 0 saturated carbocycles. The quantitative estimate of drug-likeness (QED) is 0.811. The number of nitrogens with one attached hydrogen (secondary N) is 1. The zero-order valence-corrected chi connectivity index (χ0v) is 9.96. The largest absolute Gasteiger partial charge is 0.372 e. The Balaban J connectivity index is 1.93. The van der Waals surface area contributed by atoms with E-state index >= 15 is 0 Å². The molecule has 0 bridgehead atoms. The van der Waals surface area contributed by atoms with Crippen LogP contribution in [0.15, 0.2) is 18.2 Å². The van der Waals surface area contributed by atoms with Gasteiger partial charge in [0.05, 0.1) is 12.7 Å². The third-order valence-corrected chi connectivity index (χ3v) is 3.78. The molecule has 2 atom stereocenters. The minimum Gasteiger partial charge on any atom is -0.372 e. The van der Waals surface area contributed by atoms with Gasteiger partial charge in [-0.1, -0.05) is 17.7 Å². The lowest BCUT2D eigenvalue weighted by atomic mass is 9.92. The molecule has 2 nitrogen and oxygen atoms in total. The third kappa shape index (κ3) is 1.86. The van der Waals surface area contributed by atoms with Gasteiger partial charge in [0.15, 0.2) is 0 Å². The normalized spacial score (nSPS) is 29.1. The van der Waals surface area contributed by atoms with Gasteiger partial charge >= 0.3 is 0 Å². The highest BCUT2D eigenvalue weighted by Crippen LogP contribution is 2.33. The van der Waals surface area contributed by atoms with Crippen molar-refractivity contribution < 1.29 is 4.74 Å². The van der Waals surface area contributed by atoms with Crippen molar-refractivity contribution in [3.8, 4) is 0 Å². The van der Waals surface area contributed by atoms with E-state index in [2.05, 4.69) is 17.4 Å². The molecular weight excluding hydrogens is 222 g/mol. The minimum atomic E-state index is 0.225. The SMILES string of the molecule is Clc1ccc2c(c1)CCO[C@H]2[C@H]1CCCN1. The van der Waals surface area contributed by atoms with Crippen LogP contribution in [-0.2, 0) is 11.2 Å². The molecule has 1 aromatic rings. The Bertz CT molecular complexity index is 388. The van der Waals surface area contributed by atoms with Crippen molar-refractivity contribution in [2.45, 2.75) is 31.4 Å². The molecule has 1 aromatic carbocycles. The summed E-state index contributed by atoms with van der Waals surface area (Å²) in [6.07, 6.45) is 3.68. The Hall–Kier alpha value is -0.570. The van der Waals surface area contributed by atoms with Crippen LogP contribution >= 0.6 is 11.6 Å². The van der Waals surface area contributed by atoms with Gasteiger partial charge < -0.3 is 10.1 Å². The Kier molecular flexibility index (Phi) is 2.88. The van der Waals surface area contributed by atoms with Gasteiger partial charge in [-0.3, -0.25) is 0 Å². The number of hydrogen-bond acceptors (Lipinski definition) is 2. The second kappa shape index (κ2) is 4.36. The Morgan fingerprint density at radius 3 is 3.12 bits per heavy atom. The highest BCUT2D eigenvalue weighted by molar-refractivity contribution is 6.30. The molecule has 3 heteroatoms. The van der Waals surface area contributed by atoms with Gasteiger partial charge in [0.25, 0.3) is 0 Å². The molecule has 1 fully saturated rings. The second-order valence-electron chi connectivity index (χ2n) is 4.59. The predicted octanol–water partition coefficient (Wildman–Crippen LogP) is 2.71. The maximum Gasteiger partial charge on any atom is 0.0980 e. The standard InChI is InChI=1S/C13H16ClNO/c14-10-3-4-11-9(8-10)5-7-16-13(11)12-2-1-6-15-12/h3-4,8,12-13,15H,1-2,5-7H2/t12-,13-/m1/s1. The topological polar surface area (TPSA) is 21.3 Å². The fraction of sp³-hybridized carbons (Fsp3) is 0.538. The summed E-state index contributed by atoms with van der Waals surface area (Å²) in [6, 6.07) is 6.67. The predicted molar refractivity (Wildman–Crippen MR) is 64.9 cm³/mol. The van der Waals surface area contributed by atoms with Crippen LogP contribution in [0.1, 0.15) is 30.1 Å². The minimum absolute atomic E-state index is 0.225. The lowest BCUT2D eigenvalue weighted by Crippen LogP contribution is -2.33. The number of hydrogen-bond donors (Lipinski definition) is 1. The number of benzene rings is 1. The van der Waals surface area contributed by atoms with Crippen molar-refractivity contribution in [2.75, 3.05) is 13.2 Å². The number of fused-ring (bicyclic) bond motifs is 1. The van der Waals surface area contributed by atoms with Crippen molar-refractivity contribution >= 4 is 11.6 Å². The highest BCUT2D eigenvalue weighted by Gasteiger charge is 2.30. The molecule has 2 aliphatic rings.